The van der Waals surface area contributed by atoms with Crippen LogP contribution in [0.2, 0.25) is 0 Å². The van der Waals surface area contributed by atoms with Gasteiger partial charge in [0.2, 0.25) is 0 Å². The SMILES string of the molecule is CCCNCc1oc(CN(CC2CC2)C(C)C)cc1C. The molecule has 2 rings (SSSR count). The average molecular weight is 278 g/mol. The lowest BCUT2D eigenvalue weighted by atomic mass is 10.2. The smallest absolute Gasteiger partial charge is 0.120 e. The largest absolute Gasteiger partial charge is 0.463 e. The summed E-state index contributed by atoms with van der Waals surface area (Å²) >= 11 is 0. The van der Waals surface area contributed by atoms with Crippen LogP contribution < -0.4 is 5.32 Å². The highest BCUT2D eigenvalue weighted by Gasteiger charge is 2.26. The Morgan fingerprint density at radius 3 is 2.75 bits per heavy atom. The van der Waals surface area contributed by atoms with Gasteiger partial charge in [-0.2, -0.15) is 0 Å². The van der Waals surface area contributed by atoms with Gasteiger partial charge in [-0.15, -0.1) is 0 Å². The molecule has 0 radical (unpaired) electrons. The van der Waals surface area contributed by atoms with Gasteiger partial charge in [-0.05, 0) is 64.1 Å². The molecule has 1 N–H and O–H groups in total. The van der Waals surface area contributed by atoms with Crippen LogP contribution in [-0.2, 0) is 13.1 Å². The first-order valence-electron chi connectivity index (χ1n) is 8.13. The third kappa shape index (κ3) is 4.64. The van der Waals surface area contributed by atoms with E-state index in [0.717, 1.165) is 43.5 Å². The summed E-state index contributed by atoms with van der Waals surface area (Å²) in [4.78, 5) is 2.54. The van der Waals surface area contributed by atoms with Gasteiger partial charge in [0.15, 0.2) is 0 Å². The Morgan fingerprint density at radius 1 is 1.40 bits per heavy atom. The third-order valence-electron chi connectivity index (χ3n) is 4.06. The lowest BCUT2D eigenvalue weighted by molar-refractivity contribution is 0.187. The third-order valence-corrected chi connectivity index (χ3v) is 4.06. The van der Waals surface area contributed by atoms with E-state index in [9.17, 15) is 0 Å². The van der Waals surface area contributed by atoms with Crippen molar-refractivity contribution < 1.29 is 4.42 Å². The first-order valence-corrected chi connectivity index (χ1v) is 8.13. The first kappa shape index (κ1) is 15.6. The van der Waals surface area contributed by atoms with E-state index >= 15 is 0 Å². The molecule has 0 spiro atoms. The highest BCUT2D eigenvalue weighted by molar-refractivity contribution is 5.20. The molecule has 114 valence electrons. The second-order valence-electron chi connectivity index (χ2n) is 6.46. The minimum Gasteiger partial charge on any atom is -0.463 e. The molecule has 20 heavy (non-hydrogen) atoms. The summed E-state index contributed by atoms with van der Waals surface area (Å²) in [5.74, 6) is 3.15. The minimum atomic E-state index is 0.586. The zero-order chi connectivity index (χ0) is 14.5. The van der Waals surface area contributed by atoms with Crippen molar-refractivity contribution in [1.29, 1.82) is 0 Å². The van der Waals surface area contributed by atoms with Gasteiger partial charge in [-0.1, -0.05) is 6.92 Å². The summed E-state index contributed by atoms with van der Waals surface area (Å²) in [6.45, 7) is 13.0. The minimum absolute atomic E-state index is 0.586. The Balaban J connectivity index is 1.91. The summed E-state index contributed by atoms with van der Waals surface area (Å²) in [5.41, 5.74) is 1.28. The molecule has 1 aliphatic carbocycles. The van der Waals surface area contributed by atoms with Gasteiger partial charge in [-0.3, -0.25) is 4.90 Å². The van der Waals surface area contributed by atoms with Crippen LogP contribution in [0.15, 0.2) is 10.5 Å². The average Bonchev–Trinajstić information content (AvgIpc) is 3.14. The van der Waals surface area contributed by atoms with Gasteiger partial charge in [-0.25, -0.2) is 0 Å². The van der Waals surface area contributed by atoms with Crippen molar-refractivity contribution >= 4 is 0 Å². The molecule has 0 saturated heterocycles. The second-order valence-corrected chi connectivity index (χ2v) is 6.46. The maximum absolute atomic E-state index is 6.04. The predicted molar refractivity (Wildman–Crippen MR) is 83.7 cm³/mol. The molecule has 0 unspecified atom stereocenters. The van der Waals surface area contributed by atoms with Gasteiger partial charge < -0.3 is 9.73 Å². The quantitative estimate of drug-likeness (QED) is 0.698. The highest BCUT2D eigenvalue weighted by atomic mass is 16.3. The van der Waals surface area contributed by atoms with Crippen molar-refractivity contribution in [3.05, 3.63) is 23.2 Å². The zero-order valence-electron chi connectivity index (χ0n) is 13.5. The molecule has 3 heteroatoms. The Bertz CT molecular complexity index is 407. The monoisotopic (exact) mass is 278 g/mol. The molecule has 3 nitrogen and oxygen atoms in total. The molecule has 0 atom stereocenters. The van der Waals surface area contributed by atoms with Crippen LogP contribution in [-0.4, -0.2) is 24.0 Å². The van der Waals surface area contributed by atoms with Crippen LogP contribution in [0.5, 0.6) is 0 Å². The van der Waals surface area contributed by atoms with Crippen LogP contribution in [0.1, 0.15) is 57.1 Å². The van der Waals surface area contributed by atoms with E-state index in [0.29, 0.717) is 6.04 Å². The van der Waals surface area contributed by atoms with E-state index in [4.69, 9.17) is 4.42 Å². The summed E-state index contributed by atoms with van der Waals surface area (Å²) < 4.78 is 6.04. The lowest BCUT2D eigenvalue weighted by Crippen LogP contribution is -2.32. The maximum atomic E-state index is 6.04. The molecule has 0 aliphatic heterocycles. The van der Waals surface area contributed by atoms with Crippen LogP contribution in [0.25, 0.3) is 0 Å². The molecule has 1 aromatic heterocycles. The molecular formula is C17H30N2O. The molecule has 1 saturated carbocycles. The highest BCUT2D eigenvalue weighted by Crippen LogP contribution is 2.31. The van der Waals surface area contributed by atoms with E-state index < -0.39 is 0 Å². The van der Waals surface area contributed by atoms with Crippen molar-refractivity contribution in [1.82, 2.24) is 10.2 Å². The first-order chi connectivity index (χ1) is 9.60. The second kappa shape index (κ2) is 7.28. The number of furan rings is 1. The molecular weight excluding hydrogens is 248 g/mol. The molecule has 1 fully saturated rings. The number of nitrogens with zero attached hydrogens (tertiary/aromatic N) is 1. The predicted octanol–water partition coefficient (Wildman–Crippen LogP) is 3.71. The van der Waals surface area contributed by atoms with Crippen LogP contribution in [0.3, 0.4) is 0 Å². The van der Waals surface area contributed by atoms with Gasteiger partial charge in [0.1, 0.15) is 11.5 Å². The van der Waals surface area contributed by atoms with Crippen molar-refractivity contribution in [2.24, 2.45) is 5.92 Å². The molecule has 0 aromatic carbocycles. The standard InChI is InChI=1S/C17H30N2O/c1-5-8-18-10-17-14(4)9-16(20-17)12-19(13(2)3)11-15-6-7-15/h9,13,15,18H,5-8,10-12H2,1-4H3. The molecule has 1 heterocycles. The van der Waals surface area contributed by atoms with Gasteiger partial charge >= 0.3 is 0 Å². The van der Waals surface area contributed by atoms with E-state index in [1.165, 1.54) is 24.9 Å². The topological polar surface area (TPSA) is 28.4 Å². The normalized spacial score (nSPS) is 15.5. The lowest BCUT2D eigenvalue weighted by Gasteiger charge is -2.25. The van der Waals surface area contributed by atoms with Gasteiger partial charge in [0.25, 0.3) is 0 Å². The van der Waals surface area contributed by atoms with Crippen molar-refractivity contribution in [2.45, 2.75) is 66.1 Å². The Morgan fingerprint density at radius 2 is 2.15 bits per heavy atom. The molecule has 1 aliphatic rings. The Labute approximate surface area is 123 Å². The van der Waals surface area contributed by atoms with E-state index in [1.54, 1.807) is 0 Å². The zero-order valence-corrected chi connectivity index (χ0v) is 13.5. The van der Waals surface area contributed by atoms with E-state index in [2.05, 4.69) is 44.0 Å². The molecule has 1 aromatic rings. The Kier molecular flexibility index (Phi) is 5.67. The summed E-state index contributed by atoms with van der Waals surface area (Å²) in [7, 11) is 0. The number of rotatable bonds is 9. The number of nitrogens with one attached hydrogen (secondary N) is 1. The number of hydrogen-bond acceptors (Lipinski definition) is 3. The summed E-state index contributed by atoms with van der Waals surface area (Å²) in [6.07, 6.45) is 3.98. The van der Waals surface area contributed by atoms with Crippen LogP contribution in [0, 0.1) is 12.8 Å². The van der Waals surface area contributed by atoms with E-state index in [1.807, 2.05) is 0 Å². The van der Waals surface area contributed by atoms with Crippen molar-refractivity contribution in [2.75, 3.05) is 13.1 Å². The fraction of sp³-hybridized carbons (Fsp3) is 0.765. The van der Waals surface area contributed by atoms with E-state index in [-0.39, 0.29) is 0 Å². The number of hydrogen-bond donors (Lipinski definition) is 1. The fourth-order valence-corrected chi connectivity index (χ4v) is 2.51. The van der Waals surface area contributed by atoms with Crippen LogP contribution >= 0.6 is 0 Å². The van der Waals surface area contributed by atoms with Crippen molar-refractivity contribution in [3.8, 4) is 0 Å². The van der Waals surface area contributed by atoms with Crippen molar-refractivity contribution in [3.63, 3.8) is 0 Å². The summed E-state index contributed by atoms with van der Waals surface area (Å²) in [5, 5.41) is 3.42. The summed E-state index contributed by atoms with van der Waals surface area (Å²) in [6, 6.07) is 2.80. The van der Waals surface area contributed by atoms with Gasteiger partial charge in [0.05, 0.1) is 13.1 Å². The van der Waals surface area contributed by atoms with Gasteiger partial charge in [0, 0.05) is 12.6 Å². The molecule has 0 bridgehead atoms. The van der Waals surface area contributed by atoms with Crippen LogP contribution in [0.4, 0.5) is 0 Å². The number of aryl methyl sites for hydroxylation is 1. The maximum Gasteiger partial charge on any atom is 0.120 e. The molecule has 0 amide bonds. The fourth-order valence-electron chi connectivity index (χ4n) is 2.51. The Hall–Kier alpha value is -0.800.